The van der Waals surface area contributed by atoms with Gasteiger partial charge in [0, 0.05) is 12.2 Å². The molecule has 15 heavy (non-hydrogen) atoms. The van der Waals surface area contributed by atoms with Gasteiger partial charge in [0.25, 0.3) is 0 Å². The minimum absolute atomic E-state index is 0.208. The molecule has 0 aromatic heterocycles. The first kappa shape index (κ1) is 10.0. The zero-order valence-electron chi connectivity index (χ0n) is 8.56. The molecule has 3 nitrogen and oxygen atoms in total. The number of hydrogen-bond acceptors (Lipinski definition) is 3. The summed E-state index contributed by atoms with van der Waals surface area (Å²) in [4.78, 5) is 2.21. The molecule has 0 amide bonds. The Balaban J connectivity index is 2.19. The van der Waals surface area contributed by atoms with Gasteiger partial charge in [0.2, 0.25) is 0 Å². The van der Waals surface area contributed by atoms with E-state index in [1.165, 1.54) is 0 Å². The van der Waals surface area contributed by atoms with Crippen LogP contribution in [0.2, 0.25) is 0 Å². The van der Waals surface area contributed by atoms with Gasteiger partial charge in [-0.3, -0.25) is 0 Å². The van der Waals surface area contributed by atoms with Gasteiger partial charge in [-0.05, 0) is 37.1 Å². The van der Waals surface area contributed by atoms with Crippen molar-refractivity contribution in [3.05, 3.63) is 29.8 Å². The summed E-state index contributed by atoms with van der Waals surface area (Å²) in [6.45, 7) is 1.21. The predicted molar refractivity (Wildman–Crippen MR) is 58.6 cm³/mol. The second kappa shape index (κ2) is 4.33. The number of rotatable bonds is 2. The van der Waals surface area contributed by atoms with E-state index in [1.807, 2.05) is 24.3 Å². The highest BCUT2D eigenvalue weighted by Crippen LogP contribution is 2.25. The highest BCUT2D eigenvalue weighted by molar-refractivity contribution is 5.51. The molecular formula is C12H14N2O. The van der Waals surface area contributed by atoms with E-state index >= 15 is 0 Å². The summed E-state index contributed by atoms with van der Waals surface area (Å²) in [5.74, 6) is 0. The van der Waals surface area contributed by atoms with Gasteiger partial charge in [-0.1, -0.05) is 0 Å². The van der Waals surface area contributed by atoms with Crippen molar-refractivity contribution in [1.29, 1.82) is 5.26 Å². The third kappa shape index (κ3) is 1.95. The number of benzene rings is 1. The predicted octanol–water partition coefficient (Wildman–Crippen LogP) is 1.52. The molecule has 2 rings (SSSR count). The van der Waals surface area contributed by atoms with E-state index in [-0.39, 0.29) is 12.6 Å². The number of nitrogens with zero attached hydrogens (tertiary/aromatic N) is 2. The molecule has 0 bridgehead atoms. The number of anilines is 1. The van der Waals surface area contributed by atoms with E-state index in [4.69, 9.17) is 5.26 Å². The second-order valence-corrected chi connectivity index (χ2v) is 3.83. The molecule has 0 radical (unpaired) electrons. The van der Waals surface area contributed by atoms with Crippen molar-refractivity contribution in [3.63, 3.8) is 0 Å². The normalized spacial score (nSPS) is 20.3. The Morgan fingerprint density at radius 1 is 1.40 bits per heavy atom. The van der Waals surface area contributed by atoms with Crippen LogP contribution < -0.4 is 4.90 Å². The molecule has 1 aliphatic rings. The van der Waals surface area contributed by atoms with Crippen LogP contribution in [0.5, 0.6) is 0 Å². The molecule has 0 aliphatic carbocycles. The first-order valence-electron chi connectivity index (χ1n) is 5.23. The van der Waals surface area contributed by atoms with Gasteiger partial charge in [-0.2, -0.15) is 5.26 Å². The van der Waals surface area contributed by atoms with E-state index in [1.54, 1.807) is 0 Å². The maximum Gasteiger partial charge on any atom is 0.0991 e. The maximum absolute atomic E-state index is 9.20. The minimum Gasteiger partial charge on any atom is -0.394 e. The fraction of sp³-hybridized carbons (Fsp3) is 0.417. The smallest absolute Gasteiger partial charge is 0.0991 e. The van der Waals surface area contributed by atoms with Crippen LogP contribution in [0.1, 0.15) is 18.4 Å². The molecule has 1 fully saturated rings. The number of hydrogen-bond donors (Lipinski definition) is 1. The third-order valence-electron chi connectivity index (χ3n) is 2.92. The lowest BCUT2D eigenvalue weighted by atomic mass is 10.2. The van der Waals surface area contributed by atoms with Gasteiger partial charge in [0.05, 0.1) is 24.3 Å². The number of nitriles is 1. The van der Waals surface area contributed by atoms with Crippen LogP contribution in [-0.4, -0.2) is 24.3 Å². The zero-order valence-corrected chi connectivity index (χ0v) is 8.56. The fourth-order valence-electron chi connectivity index (χ4n) is 2.09. The quantitative estimate of drug-likeness (QED) is 0.791. The molecule has 1 saturated heterocycles. The van der Waals surface area contributed by atoms with Gasteiger partial charge in [0.15, 0.2) is 0 Å². The number of aliphatic hydroxyl groups excluding tert-OH is 1. The Kier molecular flexibility index (Phi) is 2.89. The first-order valence-corrected chi connectivity index (χ1v) is 5.23. The Hall–Kier alpha value is -1.53. The molecule has 0 spiro atoms. The second-order valence-electron chi connectivity index (χ2n) is 3.83. The maximum atomic E-state index is 9.20. The van der Waals surface area contributed by atoms with Crippen LogP contribution in [0, 0.1) is 11.3 Å². The Labute approximate surface area is 89.6 Å². The fourth-order valence-corrected chi connectivity index (χ4v) is 2.09. The van der Waals surface area contributed by atoms with Crippen LogP contribution in [0.4, 0.5) is 5.69 Å². The highest BCUT2D eigenvalue weighted by atomic mass is 16.3. The summed E-state index contributed by atoms with van der Waals surface area (Å²) >= 11 is 0. The summed E-state index contributed by atoms with van der Waals surface area (Å²) in [5, 5.41) is 17.9. The molecule has 3 heteroatoms. The third-order valence-corrected chi connectivity index (χ3v) is 2.92. The van der Waals surface area contributed by atoms with E-state index in [2.05, 4.69) is 11.0 Å². The van der Waals surface area contributed by atoms with Gasteiger partial charge in [-0.15, -0.1) is 0 Å². The van der Waals surface area contributed by atoms with Gasteiger partial charge < -0.3 is 10.0 Å². The van der Waals surface area contributed by atoms with E-state index in [0.29, 0.717) is 5.56 Å². The molecule has 0 saturated carbocycles. The molecule has 78 valence electrons. The summed E-state index contributed by atoms with van der Waals surface area (Å²) in [6.07, 6.45) is 2.18. The Bertz CT molecular complexity index is 366. The molecule has 1 aliphatic heterocycles. The SMILES string of the molecule is N#Cc1ccc(N2CCC[C@@H]2CO)cc1. The number of aliphatic hydroxyl groups is 1. The zero-order chi connectivity index (χ0) is 10.7. The van der Waals surface area contributed by atoms with Crippen molar-refractivity contribution >= 4 is 5.69 Å². The molecule has 0 unspecified atom stereocenters. The lowest BCUT2D eigenvalue weighted by Gasteiger charge is -2.25. The van der Waals surface area contributed by atoms with Gasteiger partial charge in [0.1, 0.15) is 0 Å². The molecule has 1 N–H and O–H groups in total. The van der Waals surface area contributed by atoms with E-state index < -0.39 is 0 Å². The average Bonchev–Trinajstić information content (AvgIpc) is 2.77. The summed E-state index contributed by atoms with van der Waals surface area (Å²) in [7, 11) is 0. The van der Waals surface area contributed by atoms with E-state index in [0.717, 1.165) is 25.1 Å². The molecular weight excluding hydrogens is 188 g/mol. The lowest BCUT2D eigenvalue weighted by molar-refractivity contribution is 0.266. The van der Waals surface area contributed by atoms with Crippen molar-refractivity contribution in [2.75, 3.05) is 18.1 Å². The average molecular weight is 202 g/mol. The molecule has 1 heterocycles. The lowest BCUT2D eigenvalue weighted by Crippen LogP contribution is -2.31. The summed E-state index contributed by atoms with van der Waals surface area (Å²) < 4.78 is 0. The Morgan fingerprint density at radius 3 is 2.73 bits per heavy atom. The van der Waals surface area contributed by atoms with Gasteiger partial charge in [-0.25, -0.2) is 0 Å². The molecule has 1 atom stereocenters. The van der Waals surface area contributed by atoms with Crippen molar-refractivity contribution in [1.82, 2.24) is 0 Å². The van der Waals surface area contributed by atoms with Crippen molar-refractivity contribution in [3.8, 4) is 6.07 Å². The van der Waals surface area contributed by atoms with Crippen LogP contribution in [0.15, 0.2) is 24.3 Å². The minimum atomic E-state index is 0.208. The highest BCUT2D eigenvalue weighted by Gasteiger charge is 2.23. The van der Waals surface area contributed by atoms with Crippen molar-refractivity contribution in [2.24, 2.45) is 0 Å². The Morgan fingerprint density at radius 2 is 2.13 bits per heavy atom. The van der Waals surface area contributed by atoms with Crippen molar-refractivity contribution < 1.29 is 5.11 Å². The summed E-state index contributed by atoms with van der Waals surface area (Å²) in [5.41, 5.74) is 1.78. The van der Waals surface area contributed by atoms with Crippen LogP contribution in [-0.2, 0) is 0 Å². The van der Waals surface area contributed by atoms with E-state index in [9.17, 15) is 5.11 Å². The largest absolute Gasteiger partial charge is 0.394 e. The molecule has 1 aromatic rings. The standard InChI is InChI=1S/C12H14N2O/c13-8-10-3-5-11(6-4-10)14-7-1-2-12(14)9-15/h3-6,12,15H,1-2,7,9H2/t12-/m1/s1. The topological polar surface area (TPSA) is 47.3 Å². The van der Waals surface area contributed by atoms with Crippen molar-refractivity contribution in [2.45, 2.75) is 18.9 Å². The van der Waals surface area contributed by atoms with Crippen LogP contribution in [0.25, 0.3) is 0 Å². The van der Waals surface area contributed by atoms with Gasteiger partial charge >= 0.3 is 0 Å². The summed E-state index contributed by atoms with van der Waals surface area (Å²) in [6, 6.07) is 9.90. The monoisotopic (exact) mass is 202 g/mol. The van der Waals surface area contributed by atoms with Crippen LogP contribution >= 0.6 is 0 Å². The molecule has 1 aromatic carbocycles. The first-order chi connectivity index (χ1) is 7.35. The van der Waals surface area contributed by atoms with Crippen LogP contribution in [0.3, 0.4) is 0 Å².